The van der Waals surface area contributed by atoms with Crippen molar-refractivity contribution in [3.63, 3.8) is 0 Å². The molecule has 0 bridgehead atoms. The highest BCUT2D eigenvalue weighted by Gasteiger charge is 2.34. The van der Waals surface area contributed by atoms with Crippen molar-refractivity contribution >= 4 is 0 Å². The van der Waals surface area contributed by atoms with E-state index in [0.29, 0.717) is 32.5 Å². The van der Waals surface area contributed by atoms with E-state index in [1.807, 2.05) is 78.9 Å². The second-order valence-electron chi connectivity index (χ2n) is 12.9. The van der Waals surface area contributed by atoms with Crippen LogP contribution in [-0.4, -0.2) is 67.2 Å². The van der Waals surface area contributed by atoms with Crippen molar-refractivity contribution in [2.24, 2.45) is 0 Å². The lowest BCUT2D eigenvalue weighted by molar-refractivity contribution is -0.104. The van der Waals surface area contributed by atoms with E-state index in [1.54, 1.807) is 14.2 Å². The van der Waals surface area contributed by atoms with E-state index in [2.05, 4.69) is 13.5 Å². The van der Waals surface area contributed by atoms with Gasteiger partial charge in [0.2, 0.25) is 0 Å². The molecule has 3 aromatic rings. The molecule has 8 heteroatoms. The summed E-state index contributed by atoms with van der Waals surface area (Å²) in [7, 11) is 3.32. The monoisotopic (exact) mass is 676 g/mol. The fraction of sp³-hybridized carbons (Fsp3) is 0.512. The van der Waals surface area contributed by atoms with E-state index < -0.39 is 18.3 Å². The lowest BCUT2D eigenvalue weighted by atomic mass is 9.98. The van der Waals surface area contributed by atoms with Crippen LogP contribution in [0.4, 0.5) is 0 Å². The fourth-order valence-corrected chi connectivity index (χ4v) is 6.24. The molecule has 8 nitrogen and oxygen atoms in total. The predicted octanol–water partition coefficient (Wildman–Crippen LogP) is 7.58. The van der Waals surface area contributed by atoms with Gasteiger partial charge in [0.05, 0.1) is 64.6 Å². The van der Waals surface area contributed by atoms with Crippen molar-refractivity contribution in [2.75, 3.05) is 14.2 Å². The first-order valence-electron chi connectivity index (χ1n) is 17.7. The molecule has 49 heavy (non-hydrogen) atoms. The number of hydrogen-bond donors (Lipinski definition) is 2. The van der Waals surface area contributed by atoms with Gasteiger partial charge in [-0.05, 0) is 79.5 Å². The van der Waals surface area contributed by atoms with Crippen LogP contribution < -0.4 is 9.47 Å². The van der Waals surface area contributed by atoms with Crippen LogP contribution in [0.25, 0.3) is 0 Å². The smallest absolute Gasteiger partial charge is 0.118 e. The SMILES string of the molecule is C=C[C@@H](O)[C@H](OCc1ccccc1)[C@H](O)CC[C@H](C[C@H]1CC[C@H]([C@@H](CCCC)OCc2ccc(OC)cc2)O1)OCc1ccc(OC)cc1. The minimum absolute atomic E-state index is 0.00968. The molecular formula is C41H56O8. The van der Waals surface area contributed by atoms with Crippen LogP contribution in [0.1, 0.15) is 75.0 Å². The highest BCUT2D eigenvalue weighted by Crippen LogP contribution is 2.31. The lowest BCUT2D eigenvalue weighted by Crippen LogP contribution is -2.39. The van der Waals surface area contributed by atoms with Crippen LogP contribution >= 0.6 is 0 Å². The van der Waals surface area contributed by atoms with Crippen LogP contribution in [0.3, 0.4) is 0 Å². The van der Waals surface area contributed by atoms with E-state index in [0.717, 1.165) is 60.3 Å². The van der Waals surface area contributed by atoms with Gasteiger partial charge in [-0.25, -0.2) is 0 Å². The first kappa shape index (κ1) is 38.6. The van der Waals surface area contributed by atoms with E-state index in [9.17, 15) is 10.2 Å². The van der Waals surface area contributed by atoms with Gasteiger partial charge < -0.3 is 38.6 Å². The molecule has 1 saturated heterocycles. The Kier molecular flexibility index (Phi) is 16.6. The maximum absolute atomic E-state index is 11.3. The van der Waals surface area contributed by atoms with E-state index >= 15 is 0 Å². The van der Waals surface area contributed by atoms with Crippen molar-refractivity contribution < 1.29 is 38.6 Å². The zero-order chi connectivity index (χ0) is 34.8. The number of unbranched alkanes of at least 4 members (excludes halogenated alkanes) is 1. The minimum Gasteiger partial charge on any atom is -0.497 e. The summed E-state index contributed by atoms with van der Waals surface area (Å²) in [4.78, 5) is 0. The second-order valence-corrected chi connectivity index (χ2v) is 12.9. The Bertz CT molecular complexity index is 1320. The van der Waals surface area contributed by atoms with Gasteiger partial charge in [0.1, 0.15) is 23.7 Å². The molecule has 1 heterocycles. The third kappa shape index (κ3) is 12.9. The number of hydrogen-bond acceptors (Lipinski definition) is 8. The summed E-state index contributed by atoms with van der Waals surface area (Å²) in [5.74, 6) is 1.62. The molecule has 0 radical (unpaired) electrons. The molecule has 0 aliphatic carbocycles. The molecule has 7 atom stereocenters. The molecule has 0 amide bonds. The molecule has 0 unspecified atom stereocenters. The Morgan fingerprint density at radius 3 is 1.94 bits per heavy atom. The van der Waals surface area contributed by atoms with Gasteiger partial charge in [-0.1, -0.05) is 80.4 Å². The molecule has 0 saturated carbocycles. The molecule has 268 valence electrons. The van der Waals surface area contributed by atoms with Crippen molar-refractivity contribution in [2.45, 2.75) is 121 Å². The van der Waals surface area contributed by atoms with Crippen LogP contribution in [0.15, 0.2) is 91.5 Å². The molecule has 3 aromatic carbocycles. The average molecular weight is 677 g/mol. The van der Waals surface area contributed by atoms with Crippen LogP contribution in [-0.2, 0) is 38.8 Å². The minimum atomic E-state index is -1.01. The molecular weight excluding hydrogens is 620 g/mol. The Morgan fingerprint density at radius 2 is 1.35 bits per heavy atom. The third-order valence-electron chi connectivity index (χ3n) is 9.22. The normalized spacial score (nSPS) is 19.1. The average Bonchev–Trinajstić information content (AvgIpc) is 3.61. The van der Waals surface area contributed by atoms with Crippen molar-refractivity contribution in [3.05, 3.63) is 108 Å². The highest BCUT2D eigenvalue weighted by molar-refractivity contribution is 5.27. The number of ether oxygens (including phenoxy) is 6. The first-order chi connectivity index (χ1) is 23.9. The fourth-order valence-electron chi connectivity index (χ4n) is 6.24. The summed E-state index contributed by atoms with van der Waals surface area (Å²) in [5, 5.41) is 21.9. The molecule has 2 N–H and O–H groups in total. The zero-order valence-corrected chi connectivity index (χ0v) is 29.5. The van der Waals surface area contributed by atoms with E-state index in [1.165, 1.54) is 6.08 Å². The Morgan fingerprint density at radius 1 is 0.755 bits per heavy atom. The molecule has 4 rings (SSSR count). The van der Waals surface area contributed by atoms with Gasteiger partial charge in [-0.2, -0.15) is 0 Å². The zero-order valence-electron chi connectivity index (χ0n) is 29.5. The molecule has 1 aliphatic rings. The van der Waals surface area contributed by atoms with Crippen LogP contribution in [0, 0.1) is 0 Å². The molecule has 1 aliphatic heterocycles. The van der Waals surface area contributed by atoms with Crippen molar-refractivity contribution in [3.8, 4) is 11.5 Å². The maximum Gasteiger partial charge on any atom is 0.118 e. The quantitative estimate of drug-likeness (QED) is 0.0994. The van der Waals surface area contributed by atoms with Gasteiger partial charge >= 0.3 is 0 Å². The number of benzene rings is 3. The van der Waals surface area contributed by atoms with Crippen molar-refractivity contribution in [1.29, 1.82) is 0 Å². The summed E-state index contributed by atoms with van der Waals surface area (Å²) in [6.07, 6.45) is 5.17. The molecule has 0 aromatic heterocycles. The van der Waals surface area contributed by atoms with Crippen LogP contribution in [0.2, 0.25) is 0 Å². The van der Waals surface area contributed by atoms with Gasteiger partial charge in [0, 0.05) is 0 Å². The summed E-state index contributed by atoms with van der Waals surface area (Å²) in [6, 6.07) is 25.6. The van der Waals surface area contributed by atoms with Gasteiger partial charge in [0.15, 0.2) is 0 Å². The molecule has 0 spiro atoms. The van der Waals surface area contributed by atoms with Crippen LogP contribution in [0.5, 0.6) is 11.5 Å². The Hall–Kier alpha value is -3.24. The van der Waals surface area contributed by atoms with Gasteiger partial charge in [-0.15, -0.1) is 6.58 Å². The van der Waals surface area contributed by atoms with Gasteiger partial charge in [-0.3, -0.25) is 0 Å². The summed E-state index contributed by atoms with van der Waals surface area (Å²) in [6.45, 7) is 7.16. The number of methoxy groups -OCH3 is 2. The second kappa shape index (κ2) is 21.1. The number of aliphatic hydroxyl groups excluding tert-OH is 2. The Labute approximate surface area is 293 Å². The maximum atomic E-state index is 11.3. The number of rotatable bonds is 23. The predicted molar refractivity (Wildman–Crippen MR) is 192 cm³/mol. The lowest BCUT2D eigenvalue weighted by Gasteiger charge is -2.29. The standard InChI is InChI=1S/C41H56O8/c1-5-7-13-39(47-28-32-16-20-34(45-4)21-17-32)40-25-23-36(49-40)26-35(46-27-31-14-18-33(44-3)19-15-31)22-24-38(43)41(37(42)6-2)48-29-30-11-9-8-10-12-30/h6,8-12,14-21,35-43H,2,5,7,13,22-29H2,1,3-4H3/t35-,36-,37-,38-,39-,40-,41+/m1/s1. The van der Waals surface area contributed by atoms with E-state index in [4.69, 9.17) is 28.4 Å². The first-order valence-corrected chi connectivity index (χ1v) is 17.7. The summed E-state index contributed by atoms with van der Waals surface area (Å²) in [5.41, 5.74) is 3.11. The summed E-state index contributed by atoms with van der Waals surface area (Å²) >= 11 is 0. The Balaban J connectivity index is 1.38. The summed E-state index contributed by atoms with van der Waals surface area (Å²) < 4.78 is 36.3. The van der Waals surface area contributed by atoms with E-state index in [-0.39, 0.29) is 31.0 Å². The highest BCUT2D eigenvalue weighted by atomic mass is 16.6. The van der Waals surface area contributed by atoms with Gasteiger partial charge in [0.25, 0.3) is 0 Å². The number of aliphatic hydroxyl groups is 2. The molecule has 1 fully saturated rings. The topological polar surface area (TPSA) is 95.8 Å². The largest absolute Gasteiger partial charge is 0.497 e. The third-order valence-corrected chi connectivity index (χ3v) is 9.22. The van der Waals surface area contributed by atoms with Crippen molar-refractivity contribution in [1.82, 2.24) is 0 Å².